The first-order valence-corrected chi connectivity index (χ1v) is 4.85. The van der Waals surface area contributed by atoms with Gasteiger partial charge in [-0.05, 0) is 18.2 Å². The Labute approximate surface area is 88.8 Å². The van der Waals surface area contributed by atoms with Gasteiger partial charge >= 0.3 is 0 Å². The summed E-state index contributed by atoms with van der Waals surface area (Å²) in [5, 5.41) is 11.8. The van der Waals surface area contributed by atoms with Crippen LogP contribution in [0.25, 0.3) is 0 Å². The average Bonchev–Trinajstić information content (AvgIpc) is 2.25. The number of rotatable bonds is 4. The van der Waals surface area contributed by atoms with Crippen LogP contribution in [0.4, 0.5) is 5.69 Å². The van der Waals surface area contributed by atoms with Crippen LogP contribution < -0.4 is 5.32 Å². The van der Waals surface area contributed by atoms with Crippen molar-refractivity contribution in [3.63, 3.8) is 0 Å². The zero-order valence-corrected chi connectivity index (χ0v) is 8.46. The number of allylic oxidation sites excluding steroid dienone is 1. The SMILES string of the molecule is N#Cc1cccc(NC/C=C/CCl)c1. The van der Waals surface area contributed by atoms with E-state index < -0.39 is 0 Å². The zero-order chi connectivity index (χ0) is 10.2. The Morgan fingerprint density at radius 3 is 3.00 bits per heavy atom. The summed E-state index contributed by atoms with van der Waals surface area (Å²) in [6, 6.07) is 9.46. The number of nitrogens with zero attached hydrogens (tertiary/aromatic N) is 1. The van der Waals surface area contributed by atoms with Crippen LogP contribution >= 0.6 is 11.6 Å². The molecular weight excluding hydrogens is 196 g/mol. The monoisotopic (exact) mass is 206 g/mol. The van der Waals surface area contributed by atoms with Gasteiger partial charge in [0.1, 0.15) is 0 Å². The van der Waals surface area contributed by atoms with E-state index in [2.05, 4.69) is 11.4 Å². The minimum absolute atomic E-state index is 0.528. The van der Waals surface area contributed by atoms with Gasteiger partial charge in [0.15, 0.2) is 0 Å². The van der Waals surface area contributed by atoms with Crippen LogP contribution in [0.3, 0.4) is 0 Å². The number of benzene rings is 1. The van der Waals surface area contributed by atoms with Crippen LogP contribution in [0.15, 0.2) is 36.4 Å². The summed E-state index contributed by atoms with van der Waals surface area (Å²) >= 11 is 5.47. The standard InChI is InChI=1S/C11H11ClN2/c12-6-1-2-7-14-11-5-3-4-10(8-11)9-13/h1-5,8,14H,6-7H2/b2-1+. The van der Waals surface area contributed by atoms with Crippen molar-refractivity contribution >= 4 is 17.3 Å². The van der Waals surface area contributed by atoms with Crippen molar-refractivity contribution in [2.45, 2.75) is 0 Å². The summed E-state index contributed by atoms with van der Waals surface area (Å²) in [7, 11) is 0. The van der Waals surface area contributed by atoms with Gasteiger partial charge in [0.2, 0.25) is 0 Å². The maximum atomic E-state index is 8.66. The molecule has 0 aliphatic rings. The molecule has 2 nitrogen and oxygen atoms in total. The van der Waals surface area contributed by atoms with Gasteiger partial charge in [-0.15, -0.1) is 11.6 Å². The normalized spacial score (nSPS) is 10.0. The van der Waals surface area contributed by atoms with Gasteiger partial charge in [0.25, 0.3) is 0 Å². The lowest BCUT2D eigenvalue weighted by molar-refractivity contribution is 1.32. The summed E-state index contributed by atoms with van der Waals surface area (Å²) in [5.74, 6) is 0.528. The third-order valence-electron chi connectivity index (χ3n) is 1.67. The van der Waals surface area contributed by atoms with Gasteiger partial charge in [-0.3, -0.25) is 0 Å². The van der Waals surface area contributed by atoms with Crippen LogP contribution in [0.2, 0.25) is 0 Å². The van der Waals surface area contributed by atoms with Crippen molar-refractivity contribution in [3.8, 4) is 6.07 Å². The predicted octanol–water partition coefficient (Wildman–Crippen LogP) is 2.77. The van der Waals surface area contributed by atoms with Crippen LogP contribution in [0.1, 0.15) is 5.56 Å². The number of nitrogens with one attached hydrogen (secondary N) is 1. The smallest absolute Gasteiger partial charge is 0.0992 e. The first kappa shape index (κ1) is 10.6. The lowest BCUT2D eigenvalue weighted by atomic mass is 10.2. The van der Waals surface area contributed by atoms with Crippen molar-refractivity contribution in [3.05, 3.63) is 42.0 Å². The molecule has 1 aromatic carbocycles. The molecule has 0 heterocycles. The maximum absolute atomic E-state index is 8.66. The molecule has 72 valence electrons. The molecule has 0 radical (unpaired) electrons. The molecule has 0 unspecified atom stereocenters. The molecule has 3 heteroatoms. The van der Waals surface area contributed by atoms with Crippen LogP contribution in [0.5, 0.6) is 0 Å². The molecule has 0 saturated heterocycles. The fourth-order valence-electron chi connectivity index (χ4n) is 1.02. The highest BCUT2D eigenvalue weighted by Gasteiger charge is 1.91. The Hall–Kier alpha value is -1.46. The predicted molar refractivity (Wildman–Crippen MR) is 59.5 cm³/mol. The van der Waals surface area contributed by atoms with Crippen molar-refractivity contribution in [2.24, 2.45) is 0 Å². The highest BCUT2D eigenvalue weighted by atomic mass is 35.5. The lowest BCUT2D eigenvalue weighted by Gasteiger charge is -2.02. The minimum Gasteiger partial charge on any atom is -0.382 e. The van der Waals surface area contributed by atoms with Gasteiger partial charge in [0, 0.05) is 18.1 Å². The van der Waals surface area contributed by atoms with E-state index in [9.17, 15) is 0 Å². The van der Waals surface area contributed by atoms with E-state index in [0.29, 0.717) is 11.4 Å². The Morgan fingerprint density at radius 2 is 2.29 bits per heavy atom. The van der Waals surface area contributed by atoms with Crippen molar-refractivity contribution < 1.29 is 0 Å². The second-order valence-corrected chi connectivity index (χ2v) is 3.01. The molecule has 1 aromatic rings. The van der Waals surface area contributed by atoms with Crippen molar-refractivity contribution in [1.29, 1.82) is 5.26 Å². The molecule has 0 aliphatic carbocycles. The van der Waals surface area contributed by atoms with E-state index in [4.69, 9.17) is 16.9 Å². The average molecular weight is 207 g/mol. The largest absolute Gasteiger partial charge is 0.382 e. The molecule has 1 N–H and O–H groups in total. The van der Waals surface area contributed by atoms with Gasteiger partial charge in [-0.25, -0.2) is 0 Å². The van der Waals surface area contributed by atoms with E-state index in [-0.39, 0.29) is 0 Å². The second-order valence-electron chi connectivity index (χ2n) is 2.70. The summed E-state index contributed by atoms with van der Waals surface area (Å²) in [5.41, 5.74) is 1.61. The highest BCUT2D eigenvalue weighted by molar-refractivity contribution is 6.18. The van der Waals surface area contributed by atoms with Crippen LogP contribution in [-0.2, 0) is 0 Å². The number of nitriles is 1. The van der Waals surface area contributed by atoms with E-state index >= 15 is 0 Å². The van der Waals surface area contributed by atoms with E-state index in [1.807, 2.05) is 30.4 Å². The Balaban J connectivity index is 2.51. The third-order valence-corrected chi connectivity index (χ3v) is 1.85. The zero-order valence-electron chi connectivity index (χ0n) is 7.70. The molecular formula is C11H11ClN2. The number of alkyl halides is 1. The minimum atomic E-state index is 0.528. The molecule has 1 rings (SSSR count). The number of halogens is 1. The summed E-state index contributed by atoms with van der Waals surface area (Å²) in [4.78, 5) is 0. The Bertz CT molecular complexity index is 353. The van der Waals surface area contributed by atoms with Crippen molar-refractivity contribution in [2.75, 3.05) is 17.7 Å². The number of anilines is 1. The van der Waals surface area contributed by atoms with Crippen LogP contribution in [0, 0.1) is 11.3 Å². The topological polar surface area (TPSA) is 35.8 Å². The van der Waals surface area contributed by atoms with E-state index in [0.717, 1.165) is 12.2 Å². The maximum Gasteiger partial charge on any atom is 0.0992 e. The van der Waals surface area contributed by atoms with E-state index in [1.165, 1.54) is 0 Å². The Morgan fingerprint density at radius 1 is 1.43 bits per heavy atom. The molecule has 0 fully saturated rings. The molecule has 0 atom stereocenters. The van der Waals surface area contributed by atoms with Crippen molar-refractivity contribution in [1.82, 2.24) is 0 Å². The first-order valence-electron chi connectivity index (χ1n) is 4.32. The van der Waals surface area contributed by atoms with Gasteiger partial charge in [0.05, 0.1) is 11.6 Å². The Kier molecular flexibility index (Phi) is 4.60. The van der Waals surface area contributed by atoms with Gasteiger partial charge in [-0.1, -0.05) is 18.2 Å². The van der Waals surface area contributed by atoms with Gasteiger partial charge < -0.3 is 5.32 Å². The molecule has 14 heavy (non-hydrogen) atoms. The number of hydrogen-bond acceptors (Lipinski definition) is 2. The fourth-order valence-corrected chi connectivity index (χ4v) is 1.15. The fraction of sp³-hybridized carbons (Fsp3) is 0.182. The van der Waals surface area contributed by atoms with Gasteiger partial charge in [-0.2, -0.15) is 5.26 Å². The molecule has 0 bridgehead atoms. The quantitative estimate of drug-likeness (QED) is 0.608. The summed E-state index contributed by atoms with van der Waals surface area (Å²) in [6.45, 7) is 0.724. The first-order chi connectivity index (χ1) is 6.86. The summed E-state index contributed by atoms with van der Waals surface area (Å²) in [6.07, 6.45) is 3.83. The molecule has 0 saturated carbocycles. The van der Waals surface area contributed by atoms with Crippen LogP contribution in [-0.4, -0.2) is 12.4 Å². The second kappa shape index (κ2) is 6.06. The molecule has 0 aromatic heterocycles. The number of hydrogen-bond donors (Lipinski definition) is 1. The molecule has 0 aliphatic heterocycles. The van der Waals surface area contributed by atoms with E-state index in [1.54, 1.807) is 6.07 Å². The summed E-state index contributed by atoms with van der Waals surface area (Å²) < 4.78 is 0. The highest BCUT2D eigenvalue weighted by Crippen LogP contribution is 2.08. The molecule has 0 amide bonds. The third kappa shape index (κ3) is 3.51. The lowest BCUT2D eigenvalue weighted by Crippen LogP contribution is -1.98. The molecule has 0 spiro atoms.